The predicted molar refractivity (Wildman–Crippen MR) is 112 cm³/mol. The lowest BCUT2D eigenvalue weighted by atomic mass is 10.1. The van der Waals surface area contributed by atoms with Gasteiger partial charge in [-0.2, -0.15) is 0 Å². The van der Waals surface area contributed by atoms with Gasteiger partial charge in [-0.1, -0.05) is 24.6 Å². The Balaban J connectivity index is 1.31. The number of carbonyl (C=O) groups is 2. The van der Waals surface area contributed by atoms with Crippen LogP contribution in [0.3, 0.4) is 0 Å². The first-order valence-corrected chi connectivity index (χ1v) is 10.4. The Kier molecular flexibility index (Phi) is 6.02. The second-order valence-electron chi connectivity index (χ2n) is 8.00. The van der Waals surface area contributed by atoms with Gasteiger partial charge in [0.1, 0.15) is 0 Å². The van der Waals surface area contributed by atoms with Gasteiger partial charge in [0.15, 0.2) is 0 Å². The highest BCUT2D eigenvalue weighted by Gasteiger charge is 2.34. The lowest BCUT2D eigenvalue weighted by Crippen LogP contribution is -2.37. The molecule has 1 fully saturated rings. The zero-order chi connectivity index (χ0) is 20.2. The number of benzene rings is 1. The fourth-order valence-electron chi connectivity index (χ4n) is 4.12. The van der Waals surface area contributed by atoms with Gasteiger partial charge in [-0.05, 0) is 57.2 Å². The molecular weight excluding hydrogens is 364 g/mol. The number of nitrogens with zero attached hydrogens (tertiary/aromatic N) is 4. The van der Waals surface area contributed by atoms with Gasteiger partial charge in [0.25, 0.3) is 11.8 Å². The van der Waals surface area contributed by atoms with Crippen molar-refractivity contribution < 1.29 is 9.59 Å². The third-order valence-corrected chi connectivity index (χ3v) is 5.71. The Morgan fingerprint density at radius 1 is 0.897 bits per heavy atom. The molecular formula is C23H28N4O2. The summed E-state index contributed by atoms with van der Waals surface area (Å²) in [5.41, 5.74) is 3.14. The van der Waals surface area contributed by atoms with Crippen LogP contribution in [0.2, 0.25) is 0 Å². The minimum absolute atomic E-state index is 0.194. The molecule has 6 nitrogen and oxygen atoms in total. The lowest BCUT2D eigenvalue weighted by molar-refractivity contribution is 0.0640. The van der Waals surface area contributed by atoms with Crippen LogP contribution in [0.25, 0.3) is 0 Å². The first-order valence-electron chi connectivity index (χ1n) is 10.4. The fourth-order valence-corrected chi connectivity index (χ4v) is 4.12. The summed E-state index contributed by atoms with van der Waals surface area (Å²) in [5.74, 6) is -0.388. The maximum Gasteiger partial charge on any atom is 0.261 e. The summed E-state index contributed by atoms with van der Waals surface area (Å²) in [6.45, 7) is 4.92. The SMILES string of the molecule is CN(CCN1C(=O)c2ccccc2C1=O)Cc1cccc(CN2CCCCC2)n1. The molecule has 152 valence electrons. The molecule has 0 spiro atoms. The first kappa shape index (κ1) is 19.7. The van der Waals surface area contributed by atoms with Crippen LogP contribution in [0.5, 0.6) is 0 Å². The number of hydrogen-bond donors (Lipinski definition) is 0. The van der Waals surface area contributed by atoms with E-state index in [4.69, 9.17) is 4.98 Å². The molecule has 0 radical (unpaired) electrons. The van der Waals surface area contributed by atoms with Crippen molar-refractivity contribution in [2.24, 2.45) is 0 Å². The maximum atomic E-state index is 12.5. The third kappa shape index (κ3) is 4.54. The van der Waals surface area contributed by atoms with Crippen molar-refractivity contribution in [1.82, 2.24) is 19.7 Å². The molecule has 6 heteroatoms. The molecule has 29 heavy (non-hydrogen) atoms. The highest BCUT2D eigenvalue weighted by molar-refractivity contribution is 6.21. The second-order valence-corrected chi connectivity index (χ2v) is 8.00. The van der Waals surface area contributed by atoms with Gasteiger partial charge in [-0.3, -0.25) is 29.3 Å². The summed E-state index contributed by atoms with van der Waals surface area (Å²) in [7, 11) is 2.00. The number of likely N-dealkylation sites (tertiary alicyclic amines) is 1. The summed E-state index contributed by atoms with van der Waals surface area (Å²) in [5, 5.41) is 0. The van der Waals surface area contributed by atoms with Gasteiger partial charge in [-0.25, -0.2) is 0 Å². The van der Waals surface area contributed by atoms with Crippen LogP contribution in [0, 0.1) is 0 Å². The van der Waals surface area contributed by atoms with Crippen molar-refractivity contribution >= 4 is 11.8 Å². The molecule has 0 N–H and O–H groups in total. The Labute approximate surface area is 172 Å². The molecule has 1 aromatic heterocycles. The van der Waals surface area contributed by atoms with Crippen LogP contribution in [0.15, 0.2) is 42.5 Å². The Morgan fingerprint density at radius 3 is 2.24 bits per heavy atom. The van der Waals surface area contributed by atoms with Gasteiger partial charge in [0.05, 0.1) is 22.5 Å². The number of likely N-dealkylation sites (N-methyl/N-ethyl adjacent to an activating group) is 1. The molecule has 3 heterocycles. The lowest BCUT2D eigenvalue weighted by Gasteiger charge is -2.26. The van der Waals surface area contributed by atoms with Crippen LogP contribution in [0.1, 0.15) is 51.4 Å². The Bertz CT molecular complexity index is 857. The van der Waals surface area contributed by atoms with E-state index in [9.17, 15) is 9.59 Å². The van der Waals surface area contributed by atoms with E-state index in [-0.39, 0.29) is 11.8 Å². The molecule has 0 bridgehead atoms. The number of fused-ring (bicyclic) bond motifs is 1. The predicted octanol–water partition coefficient (Wildman–Crippen LogP) is 2.80. The summed E-state index contributed by atoms with van der Waals surface area (Å²) in [6, 6.07) is 13.2. The number of amides is 2. The van der Waals surface area contributed by atoms with Crippen molar-refractivity contribution in [2.45, 2.75) is 32.4 Å². The van der Waals surface area contributed by atoms with Crippen molar-refractivity contribution in [3.05, 3.63) is 65.0 Å². The number of piperidine rings is 1. The minimum atomic E-state index is -0.194. The number of pyridine rings is 1. The van der Waals surface area contributed by atoms with E-state index >= 15 is 0 Å². The van der Waals surface area contributed by atoms with Gasteiger partial charge >= 0.3 is 0 Å². The zero-order valence-electron chi connectivity index (χ0n) is 17.0. The van der Waals surface area contributed by atoms with Crippen molar-refractivity contribution in [3.8, 4) is 0 Å². The molecule has 2 aliphatic heterocycles. The largest absolute Gasteiger partial charge is 0.299 e. The summed E-state index contributed by atoms with van der Waals surface area (Å²) in [6.07, 6.45) is 3.89. The zero-order valence-corrected chi connectivity index (χ0v) is 17.0. The number of hydrogen-bond acceptors (Lipinski definition) is 5. The Hall–Kier alpha value is -2.57. The molecule has 0 aliphatic carbocycles. The highest BCUT2D eigenvalue weighted by Crippen LogP contribution is 2.22. The summed E-state index contributed by atoms with van der Waals surface area (Å²) >= 11 is 0. The van der Waals surface area contributed by atoms with E-state index in [2.05, 4.69) is 21.9 Å². The van der Waals surface area contributed by atoms with Crippen LogP contribution < -0.4 is 0 Å². The van der Waals surface area contributed by atoms with Crippen LogP contribution in [-0.2, 0) is 13.1 Å². The third-order valence-electron chi connectivity index (χ3n) is 5.71. The number of aromatic nitrogens is 1. The monoisotopic (exact) mass is 392 g/mol. The van der Waals surface area contributed by atoms with Crippen molar-refractivity contribution in [2.75, 3.05) is 33.2 Å². The van der Waals surface area contributed by atoms with E-state index in [1.54, 1.807) is 24.3 Å². The second kappa shape index (κ2) is 8.84. The fraction of sp³-hybridized carbons (Fsp3) is 0.435. The van der Waals surface area contributed by atoms with Crippen LogP contribution >= 0.6 is 0 Å². The van der Waals surface area contributed by atoms with E-state index < -0.39 is 0 Å². The average Bonchev–Trinajstić information content (AvgIpc) is 2.98. The van der Waals surface area contributed by atoms with E-state index in [0.29, 0.717) is 30.8 Å². The molecule has 0 saturated carbocycles. The van der Waals surface area contributed by atoms with Gasteiger partial charge in [-0.15, -0.1) is 0 Å². The highest BCUT2D eigenvalue weighted by atomic mass is 16.2. The van der Waals surface area contributed by atoms with Crippen molar-refractivity contribution in [1.29, 1.82) is 0 Å². The summed E-state index contributed by atoms with van der Waals surface area (Å²) < 4.78 is 0. The molecule has 2 aromatic rings. The molecule has 2 amide bonds. The van der Waals surface area contributed by atoms with Gasteiger partial charge in [0, 0.05) is 26.2 Å². The quantitative estimate of drug-likeness (QED) is 0.678. The van der Waals surface area contributed by atoms with Crippen molar-refractivity contribution in [3.63, 3.8) is 0 Å². The summed E-state index contributed by atoms with van der Waals surface area (Å²) in [4.78, 5) is 35.7. The smallest absolute Gasteiger partial charge is 0.261 e. The molecule has 0 unspecified atom stereocenters. The van der Waals surface area contributed by atoms with E-state index in [1.807, 2.05) is 13.1 Å². The van der Waals surface area contributed by atoms with E-state index in [1.165, 1.54) is 24.2 Å². The number of carbonyl (C=O) groups excluding carboxylic acids is 2. The van der Waals surface area contributed by atoms with Crippen LogP contribution in [0.4, 0.5) is 0 Å². The minimum Gasteiger partial charge on any atom is -0.299 e. The standard InChI is InChI=1S/C23H28N4O2/c1-25(14-15-27-22(28)20-10-3-4-11-21(20)23(27)29)16-18-8-7-9-19(24-18)17-26-12-5-2-6-13-26/h3-4,7-11H,2,5-6,12-17H2,1H3. The first-order chi connectivity index (χ1) is 14.1. The number of imide groups is 1. The maximum absolute atomic E-state index is 12.5. The number of rotatable bonds is 7. The Morgan fingerprint density at radius 2 is 1.55 bits per heavy atom. The molecule has 2 aliphatic rings. The topological polar surface area (TPSA) is 56.8 Å². The van der Waals surface area contributed by atoms with Gasteiger partial charge < -0.3 is 0 Å². The molecule has 0 atom stereocenters. The molecule has 4 rings (SSSR count). The normalized spacial score (nSPS) is 17.2. The van der Waals surface area contributed by atoms with Gasteiger partial charge in [0.2, 0.25) is 0 Å². The van der Waals surface area contributed by atoms with Crippen LogP contribution in [-0.4, -0.2) is 64.7 Å². The molecule has 1 aromatic carbocycles. The molecule has 1 saturated heterocycles. The van der Waals surface area contributed by atoms with E-state index in [0.717, 1.165) is 31.0 Å². The average molecular weight is 393 g/mol.